The number of benzene rings is 1. The van der Waals surface area contributed by atoms with Crippen molar-refractivity contribution in [3.63, 3.8) is 0 Å². The minimum Gasteiger partial charge on any atom is -0.461 e. The van der Waals surface area contributed by atoms with E-state index in [4.69, 9.17) is 4.74 Å². The molecule has 0 fully saturated rings. The van der Waals surface area contributed by atoms with Crippen LogP contribution in [0.2, 0.25) is 0 Å². The smallest absolute Gasteiger partial charge is 0.356 e. The molecule has 0 bridgehead atoms. The molecule has 1 aromatic carbocycles. The summed E-state index contributed by atoms with van der Waals surface area (Å²) in [7, 11) is 0. The maximum Gasteiger partial charge on any atom is 0.356 e. The summed E-state index contributed by atoms with van der Waals surface area (Å²) in [5.41, 5.74) is 1.29. The average Bonchev–Trinajstić information content (AvgIpc) is 2.39. The molecule has 0 spiro atoms. The van der Waals surface area contributed by atoms with Gasteiger partial charge in [0.15, 0.2) is 0 Å². The first-order chi connectivity index (χ1) is 8.76. The molecule has 2 rings (SSSR count). The van der Waals surface area contributed by atoms with Gasteiger partial charge in [-0.15, -0.1) is 0 Å². The molecular formula is C13H10N2O3. The van der Waals surface area contributed by atoms with Crippen molar-refractivity contribution in [1.29, 1.82) is 0 Å². The summed E-state index contributed by atoms with van der Waals surface area (Å²) in [6.45, 7) is 2.03. The van der Waals surface area contributed by atoms with Crippen LogP contribution in [0.5, 0.6) is 0 Å². The van der Waals surface area contributed by atoms with Gasteiger partial charge in [0.05, 0.1) is 17.8 Å². The predicted molar refractivity (Wildman–Crippen MR) is 65.5 cm³/mol. The van der Waals surface area contributed by atoms with Gasteiger partial charge in [-0.1, -0.05) is 6.07 Å². The largest absolute Gasteiger partial charge is 0.461 e. The Bertz CT molecular complexity index is 646. The highest BCUT2D eigenvalue weighted by atomic mass is 16.5. The van der Waals surface area contributed by atoms with Gasteiger partial charge < -0.3 is 4.74 Å². The molecule has 1 heterocycles. The summed E-state index contributed by atoms with van der Waals surface area (Å²) < 4.78 is 4.87. The normalized spacial score (nSPS) is 9.83. The number of nitrogens with zero attached hydrogens (tertiary/aromatic N) is 2. The number of rotatable bonds is 3. The van der Waals surface area contributed by atoms with Crippen LogP contribution in [0.3, 0.4) is 0 Å². The quantitative estimate of drug-likeness (QED) is 0.470. The van der Waals surface area contributed by atoms with Crippen LogP contribution in [0.1, 0.15) is 17.4 Å². The molecule has 1 aromatic heterocycles. The molecule has 18 heavy (non-hydrogen) atoms. The van der Waals surface area contributed by atoms with Gasteiger partial charge in [0.25, 0.3) is 0 Å². The van der Waals surface area contributed by atoms with Crippen LogP contribution in [-0.2, 0) is 9.53 Å². The van der Waals surface area contributed by atoms with E-state index in [1.54, 1.807) is 37.3 Å². The monoisotopic (exact) mass is 242 g/mol. The second kappa shape index (κ2) is 5.21. The van der Waals surface area contributed by atoms with E-state index in [9.17, 15) is 9.59 Å². The lowest BCUT2D eigenvalue weighted by molar-refractivity contribution is 0.0520. The van der Waals surface area contributed by atoms with Crippen LogP contribution >= 0.6 is 0 Å². The third-order valence-corrected chi connectivity index (χ3v) is 2.36. The van der Waals surface area contributed by atoms with E-state index in [-0.39, 0.29) is 5.69 Å². The third-order valence-electron chi connectivity index (χ3n) is 2.36. The maximum atomic E-state index is 11.5. The Hall–Kier alpha value is -2.52. The molecule has 5 heteroatoms. The Morgan fingerprint density at radius 2 is 2.22 bits per heavy atom. The van der Waals surface area contributed by atoms with Gasteiger partial charge in [-0.2, -0.15) is 4.99 Å². The highest BCUT2D eigenvalue weighted by Crippen LogP contribution is 2.24. The summed E-state index contributed by atoms with van der Waals surface area (Å²) in [5.74, 6) is -0.469. The molecule has 0 saturated heterocycles. The van der Waals surface area contributed by atoms with Gasteiger partial charge in [-0.25, -0.2) is 14.6 Å². The molecule has 0 atom stereocenters. The van der Waals surface area contributed by atoms with E-state index in [2.05, 4.69) is 9.98 Å². The van der Waals surface area contributed by atoms with Crippen LogP contribution in [0, 0.1) is 0 Å². The molecule has 0 radical (unpaired) electrons. The van der Waals surface area contributed by atoms with E-state index < -0.39 is 5.97 Å². The van der Waals surface area contributed by atoms with E-state index >= 15 is 0 Å². The number of aliphatic imine (C=N–C) groups is 1. The van der Waals surface area contributed by atoms with Gasteiger partial charge >= 0.3 is 5.97 Å². The van der Waals surface area contributed by atoms with Crippen molar-refractivity contribution in [3.05, 3.63) is 36.0 Å². The van der Waals surface area contributed by atoms with E-state index in [0.29, 0.717) is 23.2 Å². The topological polar surface area (TPSA) is 68.6 Å². The second-order valence-electron chi connectivity index (χ2n) is 3.46. The van der Waals surface area contributed by atoms with Gasteiger partial charge in [-0.3, -0.25) is 0 Å². The second-order valence-corrected chi connectivity index (χ2v) is 3.46. The van der Waals surface area contributed by atoms with Crippen molar-refractivity contribution < 1.29 is 14.3 Å². The number of hydrogen-bond donors (Lipinski definition) is 0. The van der Waals surface area contributed by atoms with E-state index in [1.165, 1.54) is 6.08 Å². The Balaban J connectivity index is 2.53. The third kappa shape index (κ3) is 2.26. The van der Waals surface area contributed by atoms with Crippen molar-refractivity contribution in [3.8, 4) is 0 Å². The van der Waals surface area contributed by atoms with Crippen LogP contribution in [0.15, 0.2) is 35.3 Å². The lowest BCUT2D eigenvalue weighted by Gasteiger charge is -2.03. The van der Waals surface area contributed by atoms with Crippen LogP contribution in [0.4, 0.5) is 5.69 Å². The van der Waals surface area contributed by atoms with Crippen LogP contribution < -0.4 is 0 Å². The zero-order chi connectivity index (χ0) is 13.0. The SMILES string of the molecule is CCOC(=O)c1ccc2c(N=C=O)cccc2n1. The summed E-state index contributed by atoms with van der Waals surface area (Å²) in [5, 5.41) is 0.689. The Labute approximate surface area is 103 Å². The van der Waals surface area contributed by atoms with Gasteiger partial charge in [0.1, 0.15) is 5.69 Å². The molecular weight excluding hydrogens is 232 g/mol. The predicted octanol–water partition coefficient (Wildman–Crippen LogP) is 2.38. The fourth-order valence-electron chi connectivity index (χ4n) is 1.60. The molecule has 0 aliphatic carbocycles. The number of isocyanates is 1. The number of ether oxygens (including phenoxy) is 1. The average molecular weight is 242 g/mol. The first-order valence-corrected chi connectivity index (χ1v) is 5.41. The molecule has 0 saturated carbocycles. The first kappa shape index (κ1) is 12.0. The Morgan fingerprint density at radius 1 is 1.39 bits per heavy atom. The lowest BCUT2D eigenvalue weighted by Crippen LogP contribution is -2.06. The molecule has 0 aliphatic rings. The standard InChI is InChI=1S/C13H10N2O3/c1-2-18-13(17)12-7-6-9-10(14-8-16)4-3-5-11(9)15-12/h3-7H,2H2,1H3. The van der Waals surface area contributed by atoms with Crippen molar-refractivity contribution in [2.45, 2.75) is 6.92 Å². The zero-order valence-electron chi connectivity index (χ0n) is 9.71. The van der Waals surface area contributed by atoms with Crippen LogP contribution in [-0.4, -0.2) is 23.6 Å². The van der Waals surface area contributed by atoms with Gasteiger partial charge in [0.2, 0.25) is 6.08 Å². The fourth-order valence-corrected chi connectivity index (χ4v) is 1.60. The number of pyridine rings is 1. The van der Waals surface area contributed by atoms with Crippen LogP contribution in [0.25, 0.3) is 10.9 Å². The molecule has 0 amide bonds. The first-order valence-electron chi connectivity index (χ1n) is 5.41. The Kier molecular flexibility index (Phi) is 3.46. The molecule has 0 unspecified atom stereocenters. The number of esters is 1. The summed E-state index contributed by atoms with van der Waals surface area (Å²) >= 11 is 0. The Morgan fingerprint density at radius 3 is 2.94 bits per heavy atom. The number of aromatic nitrogens is 1. The lowest BCUT2D eigenvalue weighted by atomic mass is 10.1. The zero-order valence-corrected chi connectivity index (χ0v) is 9.71. The van der Waals surface area contributed by atoms with Gasteiger partial charge in [-0.05, 0) is 31.2 Å². The number of fused-ring (bicyclic) bond motifs is 1. The summed E-state index contributed by atoms with van der Waals surface area (Å²) in [6, 6.07) is 8.36. The van der Waals surface area contributed by atoms with E-state index in [1.807, 2.05) is 0 Å². The maximum absolute atomic E-state index is 11.5. The van der Waals surface area contributed by atoms with Crippen molar-refractivity contribution >= 4 is 28.6 Å². The van der Waals surface area contributed by atoms with E-state index in [0.717, 1.165) is 0 Å². The number of carbonyl (C=O) groups excluding carboxylic acids is 2. The molecule has 0 aliphatic heterocycles. The molecule has 5 nitrogen and oxygen atoms in total. The van der Waals surface area contributed by atoms with Crippen molar-refractivity contribution in [2.75, 3.05) is 6.61 Å². The minimum absolute atomic E-state index is 0.233. The minimum atomic E-state index is -0.469. The summed E-state index contributed by atoms with van der Waals surface area (Å²) in [6.07, 6.45) is 1.49. The van der Waals surface area contributed by atoms with Crippen molar-refractivity contribution in [1.82, 2.24) is 4.98 Å². The number of carbonyl (C=O) groups is 1. The van der Waals surface area contributed by atoms with Crippen molar-refractivity contribution in [2.24, 2.45) is 4.99 Å². The van der Waals surface area contributed by atoms with Gasteiger partial charge in [0, 0.05) is 5.39 Å². The highest BCUT2D eigenvalue weighted by Gasteiger charge is 2.09. The number of hydrogen-bond acceptors (Lipinski definition) is 5. The molecule has 2 aromatic rings. The fraction of sp³-hybridized carbons (Fsp3) is 0.154. The highest BCUT2D eigenvalue weighted by molar-refractivity contribution is 5.95. The molecule has 0 N–H and O–H groups in total. The molecule has 90 valence electrons. The summed E-state index contributed by atoms with van der Waals surface area (Å²) in [4.78, 5) is 29.6.